The highest BCUT2D eigenvalue weighted by Crippen LogP contribution is 2.40. The molecule has 4 rings (SSSR count). The molecule has 0 spiro atoms. The van der Waals surface area contributed by atoms with Crippen molar-refractivity contribution >= 4 is 17.7 Å². The van der Waals surface area contributed by atoms with Crippen LogP contribution in [0.2, 0.25) is 0 Å². The Morgan fingerprint density at radius 2 is 1.90 bits per heavy atom. The quantitative estimate of drug-likeness (QED) is 0.351. The molecular weight excluding hydrogens is 538 g/mol. The van der Waals surface area contributed by atoms with E-state index in [1.807, 2.05) is 50.2 Å². The highest BCUT2D eigenvalue weighted by atomic mass is 16.5. The predicted octanol–water partition coefficient (Wildman–Crippen LogP) is 4.51. The van der Waals surface area contributed by atoms with E-state index in [1.54, 1.807) is 21.3 Å². The first-order valence-electron chi connectivity index (χ1n) is 14.6. The van der Waals surface area contributed by atoms with Crippen molar-refractivity contribution in [3.63, 3.8) is 0 Å². The number of ether oxygens (including phenoxy) is 4. The molecule has 0 saturated carbocycles. The van der Waals surface area contributed by atoms with Gasteiger partial charge in [-0.05, 0) is 54.7 Å². The molecule has 2 aromatic carbocycles. The second kappa shape index (κ2) is 14.1. The zero-order valence-electron chi connectivity index (χ0n) is 25.4. The number of fused-ring (bicyclic) bond motifs is 1. The molecule has 10 nitrogen and oxygen atoms in total. The van der Waals surface area contributed by atoms with Crippen LogP contribution in [0.3, 0.4) is 0 Å². The van der Waals surface area contributed by atoms with Gasteiger partial charge in [0.2, 0.25) is 5.91 Å². The Hall–Kier alpha value is -3.50. The molecule has 0 aromatic heterocycles. The lowest BCUT2D eigenvalue weighted by molar-refractivity contribution is -0.130. The monoisotopic (exact) mass is 583 g/mol. The Labute approximate surface area is 248 Å². The van der Waals surface area contributed by atoms with E-state index >= 15 is 0 Å². The standard InChI is InChI=1S/C32H45N3O7/c1-32(2,30(36)33-3)19-24-18-26(23-8-10-25(40-5)11-9-23)29(20-35(24)31(37)38)42-21-22-7-12-28-27(17-22)34(14-16-41-28)13-6-15-39-4/h7-12,17,24,26,29H,6,13-16,18-21H2,1-5H3,(H,33,36)(H,37,38)/t24-,26-,29+/m1/s1. The van der Waals surface area contributed by atoms with Crippen LogP contribution in [-0.2, 0) is 20.9 Å². The number of anilines is 1. The number of carbonyl (C=O) groups is 2. The number of hydrogen-bond acceptors (Lipinski definition) is 7. The van der Waals surface area contributed by atoms with Crippen LogP contribution in [-0.4, -0.2) is 88.3 Å². The number of hydrogen-bond donors (Lipinski definition) is 2. The first-order valence-corrected chi connectivity index (χ1v) is 14.6. The van der Waals surface area contributed by atoms with Crippen LogP contribution in [0.1, 0.15) is 50.2 Å². The Kier molecular flexibility index (Phi) is 10.6. The average Bonchev–Trinajstić information content (AvgIpc) is 2.99. The number of carboxylic acid groups (broad SMARTS) is 1. The summed E-state index contributed by atoms with van der Waals surface area (Å²) in [5, 5.41) is 12.9. The molecule has 2 aromatic rings. The first-order chi connectivity index (χ1) is 20.2. The Morgan fingerprint density at radius 1 is 1.14 bits per heavy atom. The van der Waals surface area contributed by atoms with Crippen LogP contribution in [0.25, 0.3) is 0 Å². The number of nitrogens with zero attached hydrogens (tertiary/aromatic N) is 2. The highest BCUT2D eigenvalue weighted by molar-refractivity contribution is 5.81. The molecule has 10 heteroatoms. The number of benzene rings is 2. The zero-order valence-corrected chi connectivity index (χ0v) is 25.4. The van der Waals surface area contributed by atoms with Gasteiger partial charge in [0, 0.05) is 44.7 Å². The van der Waals surface area contributed by atoms with Crippen LogP contribution in [0, 0.1) is 5.41 Å². The maximum atomic E-state index is 12.6. The van der Waals surface area contributed by atoms with Crippen LogP contribution in [0.5, 0.6) is 11.5 Å². The summed E-state index contributed by atoms with van der Waals surface area (Å²) in [6.07, 6.45) is 0.480. The van der Waals surface area contributed by atoms with Gasteiger partial charge in [-0.1, -0.05) is 32.0 Å². The smallest absolute Gasteiger partial charge is 0.407 e. The number of nitrogens with one attached hydrogen (secondary N) is 1. The van der Waals surface area contributed by atoms with E-state index in [0.29, 0.717) is 32.7 Å². The van der Waals surface area contributed by atoms with Crippen LogP contribution in [0.15, 0.2) is 42.5 Å². The molecule has 0 bridgehead atoms. The SMILES string of the molecule is CNC(=O)C(C)(C)C[C@H]1C[C@H](c2ccc(OC)cc2)[C@@H](OCc2ccc3c(c2)N(CCCOC)CCO3)CN1C(=O)O. The van der Waals surface area contributed by atoms with E-state index in [9.17, 15) is 14.7 Å². The largest absolute Gasteiger partial charge is 0.497 e. The van der Waals surface area contributed by atoms with Gasteiger partial charge in [0.15, 0.2) is 0 Å². The van der Waals surface area contributed by atoms with Crippen LogP contribution < -0.4 is 19.7 Å². The maximum Gasteiger partial charge on any atom is 0.407 e. The summed E-state index contributed by atoms with van der Waals surface area (Å²) in [6.45, 7) is 7.28. The third-order valence-electron chi connectivity index (χ3n) is 8.39. The van der Waals surface area contributed by atoms with Crippen LogP contribution in [0.4, 0.5) is 10.5 Å². The zero-order chi connectivity index (χ0) is 30.3. The molecule has 1 saturated heterocycles. The molecule has 0 radical (unpaired) electrons. The fourth-order valence-electron chi connectivity index (χ4n) is 6.10. The average molecular weight is 584 g/mol. The number of carbonyl (C=O) groups excluding carboxylic acids is 1. The predicted molar refractivity (Wildman–Crippen MR) is 161 cm³/mol. The number of piperidine rings is 1. The van der Waals surface area contributed by atoms with Crippen molar-refractivity contribution in [1.29, 1.82) is 0 Å². The van der Waals surface area contributed by atoms with E-state index in [1.165, 1.54) is 4.90 Å². The van der Waals surface area contributed by atoms with Crippen molar-refractivity contribution in [3.05, 3.63) is 53.6 Å². The molecule has 1 fully saturated rings. The molecule has 0 aliphatic carbocycles. The molecule has 2 amide bonds. The minimum absolute atomic E-state index is 0.0662. The summed E-state index contributed by atoms with van der Waals surface area (Å²) in [6, 6.07) is 13.6. The Morgan fingerprint density at radius 3 is 2.57 bits per heavy atom. The molecule has 2 heterocycles. The molecule has 2 aliphatic heterocycles. The lowest BCUT2D eigenvalue weighted by atomic mass is 9.76. The molecule has 230 valence electrons. The van der Waals surface area contributed by atoms with Crippen molar-refractivity contribution in [2.75, 3.05) is 59.0 Å². The number of methoxy groups -OCH3 is 2. The third kappa shape index (κ3) is 7.46. The van der Waals surface area contributed by atoms with Crippen molar-refractivity contribution in [2.45, 2.75) is 57.8 Å². The summed E-state index contributed by atoms with van der Waals surface area (Å²) < 4.78 is 23.0. The molecule has 0 unspecified atom stereocenters. The number of likely N-dealkylation sites (tertiary alicyclic amines) is 1. The van der Waals surface area contributed by atoms with E-state index in [0.717, 1.165) is 47.8 Å². The summed E-state index contributed by atoms with van der Waals surface area (Å²) in [7, 11) is 4.95. The van der Waals surface area contributed by atoms with E-state index in [4.69, 9.17) is 18.9 Å². The fourth-order valence-corrected chi connectivity index (χ4v) is 6.10. The van der Waals surface area contributed by atoms with Gasteiger partial charge >= 0.3 is 6.09 Å². The van der Waals surface area contributed by atoms with Crippen molar-refractivity contribution in [3.8, 4) is 11.5 Å². The molecule has 2 N–H and O–H groups in total. The Balaban J connectivity index is 1.57. The highest BCUT2D eigenvalue weighted by Gasteiger charge is 2.43. The molecule has 42 heavy (non-hydrogen) atoms. The van der Waals surface area contributed by atoms with Gasteiger partial charge in [-0.3, -0.25) is 4.79 Å². The lowest BCUT2D eigenvalue weighted by Gasteiger charge is -2.45. The summed E-state index contributed by atoms with van der Waals surface area (Å²) >= 11 is 0. The van der Waals surface area contributed by atoms with Crippen molar-refractivity contribution < 1.29 is 33.6 Å². The van der Waals surface area contributed by atoms with Gasteiger partial charge in [-0.15, -0.1) is 0 Å². The summed E-state index contributed by atoms with van der Waals surface area (Å²) in [5.41, 5.74) is 2.36. The topological polar surface area (TPSA) is 110 Å². The third-order valence-corrected chi connectivity index (χ3v) is 8.39. The molecular formula is C32H45N3O7. The minimum atomic E-state index is -1.01. The number of amides is 2. The molecule has 2 aliphatic rings. The summed E-state index contributed by atoms with van der Waals surface area (Å²) in [5.74, 6) is 1.43. The number of rotatable bonds is 12. The van der Waals surface area contributed by atoms with Gasteiger partial charge in [0.1, 0.15) is 18.1 Å². The Bertz CT molecular complexity index is 1200. The fraction of sp³-hybridized carbons (Fsp3) is 0.562. The van der Waals surface area contributed by atoms with Gasteiger partial charge in [0.05, 0.1) is 38.6 Å². The van der Waals surface area contributed by atoms with E-state index in [-0.39, 0.29) is 30.5 Å². The second-order valence-corrected chi connectivity index (χ2v) is 11.7. The first kappa shape index (κ1) is 31.4. The van der Waals surface area contributed by atoms with Gasteiger partial charge < -0.3 is 39.2 Å². The maximum absolute atomic E-state index is 12.6. The van der Waals surface area contributed by atoms with Gasteiger partial charge in [-0.2, -0.15) is 0 Å². The second-order valence-electron chi connectivity index (χ2n) is 11.7. The van der Waals surface area contributed by atoms with Crippen molar-refractivity contribution in [1.82, 2.24) is 10.2 Å². The lowest BCUT2D eigenvalue weighted by Crippen LogP contribution is -2.54. The normalized spacial score (nSPS) is 20.5. The minimum Gasteiger partial charge on any atom is -0.497 e. The summed E-state index contributed by atoms with van der Waals surface area (Å²) in [4.78, 5) is 28.8. The van der Waals surface area contributed by atoms with E-state index < -0.39 is 11.5 Å². The van der Waals surface area contributed by atoms with Crippen LogP contribution >= 0.6 is 0 Å². The van der Waals surface area contributed by atoms with E-state index in [2.05, 4.69) is 16.3 Å². The van der Waals surface area contributed by atoms with Crippen molar-refractivity contribution in [2.24, 2.45) is 5.41 Å². The molecule has 3 atom stereocenters. The van der Waals surface area contributed by atoms with Gasteiger partial charge in [0.25, 0.3) is 0 Å². The van der Waals surface area contributed by atoms with Gasteiger partial charge in [-0.25, -0.2) is 4.79 Å².